The molecule has 0 aliphatic carbocycles. The third-order valence-electron chi connectivity index (χ3n) is 3.43. The topological polar surface area (TPSA) is 82.1 Å². The molecule has 124 valence electrons. The highest BCUT2D eigenvalue weighted by Crippen LogP contribution is 2.25. The molecule has 0 saturated heterocycles. The SMILES string of the molecule is CN(C)CCn1cc(-c2cc(Oc3ccc(N)nc3)ccn2)cn1. The van der Waals surface area contributed by atoms with Gasteiger partial charge in [0.1, 0.15) is 17.3 Å². The Balaban J connectivity index is 1.74. The van der Waals surface area contributed by atoms with Crippen molar-refractivity contribution in [2.24, 2.45) is 0 Å². The molecular weight excluding hydrogens is 304 g/mol. The average molecular weight is 324 g/mol. The lowest BCUT2D eigenvalue weighted by atomic mass is 10.2. The fraction of sp³-hybridized carbons (Fsp3) is 0.235. The summed E-state index contributed by atoms with van der Waals surface area (Å²) in [6, 6.07) is 7.16. The van der Waals surface area contributed by atoms with Crippen LogP contribution in [0.3, 0.4) is 0 Å². The van der Waals surface area contributed by atoms with Crippen LogP contribution in [-0.2, 0) is 6.54 Å². The molecule has 0 spiro atoms. The van der Waals surface area contributed by atoms with Gasteiger partial charge in [-0.2, -0.15) is 5.10 Å². The molecule has 7 nitrogen and oxygen atoms in total. The van der Waals surface area contributed by atoms with Gasteiger partial charge in [0.2, 0.25) is 0 Å². The third-order valence-corrected chi connectivity index (χ3v) is 3.43. The first kappa shape index (κ1) is 15.9. The van der Waals surface area contributed by atoms with E-state index in [2.05, 4.69) is 20.0 Å². The molecule has 7 heteroatoms. The van der Waals surface area contributed by atoms with E-state index in [4.69, 9.17) is 10.5 Å². The van der Waals surface area contributed by atoms with Gasteiger partial charge in [-0.3, -0.25) is 9.67 Å². The number of hydrogen-bond acceptors (Lipinski definition) is 6. The van der Waals surface area contributed by atoms with Crippen LogP contribution in [0.4, 0.5) is 5.82 Å². The van der Waals surface area contributed by atoms with E-state index in [9.17, 15) is 0 Å². The van der Waals surface area contributed by atoms with E-state index in [1.807, 2.05) is 37.2 Å². The van der Waals surface area contributed by atoms with Crippen LogP contribution in [0.1, 0.15) is 0 Å². The van der Waals surface area contributed by atoms with Crippen molar-refractivity contribution >= 4 is 5.82 Å². The Morgan fingerprint density at radius 3 is 2.75 bits per heavy atom. The van der Waals surface area contributed by atoms with Gasteiger partial charge in [-0.15, -0.1) is 0 Å². The number of rotatable bonds is 6. The smallest absolute Gasteiger partial charge is 0.145 e. The summed E-state index contributed by atoms with van der Waals surface area (Å²) < 4.78 is 7.70. The van der Waals surface area contributed by atoms with E-state index in [0.717, 1.165) is 24.3 Å². The van der Waals surface area contributed by atoms with Crippen LogP contribution >= 0.6 is 0 Å². The zero-order valence-electron chi connectivity index (χ0n) is 13.8. The predicted molar refractivity (Wildman–Crippen MR) is 92.7 cm³/mol. The van der Waals surface area contributed by atoms with Gasteiger partial charge in [-0.1, -0.05) is 0 Å². The number of ether oxygens (including phenoxy) is 1. The van der Waals surface area contributed by atoms with E-state index in [0.29, 0.717) is 17.3 Å². The first-order valence-corrected chi connectivity index (χ1v) is 7.63. The molecule has 0 saturated carbocycles. The standard InChI is InChI=1S/C17H20N6O/c1-22(2)7-8-23-12-13(10-21-23)16-9-14(5-6-19-16)24-15-3-4-17(18)20-11-15/h3-6,9-12H,7-8H2,1-2H3,(H2,18,20). The molecule has 0 fully saturated rings. The molecule has 3 heterocycles. The maximum Gasteiger partial charge on any atom is 0.145 e. The lowest BCUT2D eigenvalue weighted by Gasteiger charge is -2.08. The molecular formula is C17H20N6O. The van der Waals surface area contributed by atoms with Crippen molar-refractivity contribution in [3.8, 4) is 22.8 Å². The Labute approximate surface area is 140 Å². The van der Waals surface area contributed by atoms with Gasteiger partial charge in [0.15, 0.2) is 0 Å². The lowest BCUT2D eigenvalue weighted by Crippen LogP contribution is -2.18. The number of nitrogens with zero attached hydrogens (tertiary/aromatic N) is 5. The molecule has 0 aliphatic rings. The lowest BCUT2D eigenvalue weighted by molar-refractivity contribution is 0.373. The number of anilines is 1. The fourth-order valence-electron chi connectivity index (χ4n) is 2.14. The van der Waals surface area contributed by atoms with Crippen molar-refractivity contribution in [3.63, 3.8) is 0 Å². The summed E-state index contributed by atoms with van der Waals surface area (Å²) >= 11 is 0. The second-order valence-electron chi connectivity index (χ2n) is 5.69. The Bertz CT molecular complexity index is 797. The van der Waals surface area contributed by atoms with Crippen molar-refractivity contribution < 1.29 is 4.74 Å². The van der Waals surface area contributed by atoms with Gasteiger partial charge >= 0.3 is 0 Å². The number of pyridine rings is 2. The minimum absolute atomic E-state index is 0.461. The van der Waals surface area contributed by atoms with Crippen LogP contribution < -0.4 is 10.5 Å². The first-order valence-electron chi connectivity index (χ1n) is 7.63. The maximum absolute atomic E-state index is 5.79. The zero-order valence-corrected chi connectivity index (χ0v) is 13.8. The first-order chi connectivity index (χ1) is 11.6. The van der Waals surface area contributed by atoms with Gasteiger partial charge in [0, 0.05) is 30.6 Å². The average Bonchev–Trinajstić information content (AvgIpc) is 3.04. The van der Waals surface area contributed by atoms with Crippen LogP contribution in [-0.4, -0.2) is 45.3 Å². The number of likely N-dealkylation sites (N-methyl/N-ethyl adjacent to an activating group) is 1. The largest absolute Gasteiger partial charge is 0.456 e. The quantitative estimate of drug-likeness (QED) is 0.749. The van der Waals surface area contributed by atoms with E-state index < -0.39 is 0 Å². The van der Waals surface area contributed by atoms with Crippen molar-refractivity contribution in [1.82, 2.24) is 24.6 Å². The number of hydrogen-bond donors (Lipinski definition) is 1. The fourth-order valence-corrected chi connectivity index (χ4v) is 2.14. The van der Waals surface area contributed by atoms with Gasteiger partial charge in [0.25, 0.3) is 0 Å². The number of aromatic nitrogens is 4. The van der Waals surface area contributed by atoms with Crippen LogP contribution in [0.25, 0.3) is 11.3 Å². The monoisotopic (exact) mass is 324 g/mol. The molecule has 3 rings (SSSR count). The molecule has 3 aromatic rings. The number of nitrogens with two attached hydrogens (primary N) is 1. The molecule has 0 unspecified atom stereocenters. The Morgan fingerprint density at radius 1 is 1.12 bits per heavy atom. The summed E-state index contributed by atoms with van der Waals surface area (Å²) in [5.74, 6) is 1.78. The van der Waals surface area contributed by atoms with Crippen molar-refractivity contribution in [1.29, 1.82) is 0 Å². The Morgan fingerprint density at radius 2 is 2.00 bits per heavy atom. The summed E-state index contributed by atoms with van der Waals surface area (Å²) in [6.07, 6.45) is 7.11. The highest BCUT2D eigenvalue weighted by atomic mass is 16.5. The Kier molecular flexibility index (Phi) is 4.72. The minimum Gasteiger partial charge on any atom is -0.456 e. The molecule has 0 bridgehead atoms. The maximum atomic E-state index is 5.79. The molecule has 2 N–H and O–H groups in total. The Hall–Kier alpha value is -2.93. The second-order valence-corrected chi connectivity index (χ2v) is 5.69. The molecule has 0 atom stereocenters. The summed E-state index contributed by atoms with van der Waals surface area (Å²) in [5.41, 5.74) is 7.34. The van der Waals surface area contributed by atoms with Crippen LogP contribution in [0.2, 0.25) is 0 Å². The normalized spacial score (nSPS) is 11.0. The minimum atomic E-state index is 0.461. The van der Waals surface area contributed by atoms with E-state index in [1.165, 1.54) is 0 Å². The van der Waals surface area contributed by atoms with Crippen LogP contribution in [0.15, 0.2) is 49.1 Å². The predicted octanol–water partition coefficient (Wildman–Crippen LogP) is 2.28. The van der Waals surface area contributed by atoms with E-state index in [1.54, 1.807) is 30.6 Å². The summed E-state index contributed by atoms with van der Waals surface area (Å²) in [6.45, 7) is 1.77. The highest BCUT2D eigenvalue weighted by molar-refractivity contribution is 5.58. The van der Waals surface area contributed by atoms with Gasteiger partial charge in [-0.25, -0.2) is 4.98 Å². The molecule has 0 amide bonds. The van der Waals surface area contributed by atoms with Crippen LogP contribution in [0, 0.1) is 0 Å². The number of nitrogen functional groups attached to an aromatic ring is 1. The van der Waals surface area contributed by atoms with Gasteiger partial charge < -0.3 is 15.4 Å². The molecule has 3 aromatic heterocycles. The summed E-state index contributed by atoms with van der Waals surface area (Å²) in [7, 11) is 4.08. The second kappa shape index (κ2) is 7.10. The third kappa shape index (κ3) is 4.08. The summed E-state index contributed by atoms with van der Waals surface area (Å²) in [4.78, 5) is 10.5. The van der Waals surface area contributed by atoms with Crippen LogP contribution in [0.5, 0.6) is 11.5 Å². The van der Waals surface area contributed by atoms with Gasteiger partial charge in [-0.05, 0) is 32.3 Å². The van der Waals surface area contributed by atoms with Crippen molar-refractivity contribution in [2.75, 3.05) is 26.4 Å². The van der Waals surface area contributed by atoms with Gasteiger partial charge in [0.05, 0.1) is 24.6 Å². The molecule has 0 aromatic carbocycles. The summed E-state index contributed by atoms with van der Waals surface area (Å²) in [5, 5.41) is 4.37. The molecule has 0 aliphatic heterocycles. The van der Waals surface area contributed by atoms with E-state index in [-0.39, 0.29) is 0 Å². The molecule has 0 radical (unpaired) electrons. The van der Waals surface area contributed by atoms with E-state index >= 15 is 0 Å². The van der Waals surface area contributed by atoms with Crippen molar-refractivity contribution in [2.45, 2.75) is 6.54 Å². The highest BCUT2D eigenvalue weighted by Gasteiger charge is 2.06. The molecule has 24 heavy (non-hydrogen) atoms. The van der Waals surface area contributed by atoms with Crippen molar-refractivity contribution in [3.05, 3.63) is 49.1 Å². The zero-order chi connectivity index (χ0) is 16.9.